The Labute approximate surface area is 70.8 Å². The Kier molecular flexibility index (Phi) is 2.64. The van der Waals surface area contributed by atoms with Crippen molar-refractivity contribution in [2.24, 2.45) is 0 Å². The zero-order valence-corrected chi connectivity index (χ0v) is 9.46. The lowest BCUT2D eigenvalue weighted by molar-refractivity contribution is 0.583. The van der Waals surface area contributed by atoms with Crippen LogP contribution < -0.4 is 5.19 Å². The third-order valence-electron chi connectivity index (χ3n) is 2.08. The van der Waals surface area contributed by atoms with Gasteiger partial charge in [0.05, 0.1) is 0 Å². The molecule has 0 saturated heterocycles. The van der Waals surface area contributed by atoms with Crippen molar-refractivity contribution in [2.75, 3.05) is 0 Å². The molecule has 0 spiro atoms. The Morgan fingerprint density at radius 1 is 1.27 bits per heavy atom. The predicted octanol–water partition coefficient (Wildman–Crippen LogP) is 0.175. The molecule has 3 heteroatoms. The van der Waals surface area contributed by atoms with Gasteiger partial charge in [-0.2, -0.15) is 0 Å². The molecule has 0 aliphatic rings. The van der Waals surface area contributed by atoms with Crippen LogP contribution in [0, 0.1) is 0 Å². The first-order valence-corrected chi connectivity index (χ1v) is 10.1. The van der Waals surface area contributed by atoms with Gasteiger partial charge in [-0.1, -0.05) is 36.9 Å². The Balaban J connectivity index is 2.93. The van der Waals surface area contributed by atoms with E-state index in [1.807, 2.05) is 36.9 Å². The minimum absolute atomic E-state index is 0.262. The second-order valence-electron chi connectivity index (χ2n) is 2.99. The highest BCUT2D eigenvalue weighted by Crippen LogP contribution is 1.96. The Morgan fingerprint density at radius 3 is 2.27 bits per heavy atom. The molecule has 0 amide bonds. The quantitative estimate of drug-likeness (QED) is 0.647. The van der Waals surface area contributed by atoms with Gasteiger partial charge in [-0.05, 0) is 11.7 Å². The highest BCUT2D eigenvalue weighted by atomic mass is 29.2. The molecule has 11 heavy (non-hydrogen) atoms. The van der Waals surface area contributed by atoms with Crippen molar-refractivity contribution in [1.29, 1.82) is 0 Å². The first-order chi connectivity index (χ1) is 5.17. The fourth-order valence-electron chi connectivity index (χ4n) is 1.00. The summed E-state index contributed by atoms with van der Waals surface area (Å²) < 4.78 is 0. The van der Waals surface area contributed by atoms with Gasteiger partial charge in [-0.25, -0.2) is 0 Å². The van der Waals surface area contributed by atoms with E-state index in [1.165, 1.54) is 5.19 Å². The molecule has 0 bridgehead atoms. The summed E-state index contributed by atoms with van der Waals surface area (Å²) in [6, 6.07) is 10.1. The molecule has 1 N–H and O–H groups in total. The summed E-state index contributed by atoms with van der Waals surface area (Å²) in [5, 5.41) is 1.19. The molecule has 0 heterocycles. The van der Waals surface area contributed by atoms with Crippen LogP contribution in [0.5, 0.6) is 0 Å². The highest BCUT2D eigenvalue weighted by Gasteiger charge is 2.23. The van der Waals surface area contributed by atoms with Gasteiger partial charge in [0.1, 0.15) is 0 Å². The lowest BCUT2D eigenvalue weighted by atomic mass is 10.4. The minimum atomic E-state index is -1.91. The molecule has 0 radical (unpaired) electrons. The largest absolute Gasteiger partial charge is 0.431 e. The summed E-state index contributed by atoms with van der Waals surface area (Å²) >= 11 is 0. The zero-order chi connectivity index (χ0) is 8.32. The van der Waals surface area contributed by atoms with Crippen LogP contribution in [0.4, 0.5) is 0 Å². The molecule has 1 aromatic rings. The number of hydrogen-bond donors (Lipinski definition) is 1. The lowest BCUT2D eigenvalue weighted by Gasteiger charge is -2.17. The first-order valence-electron chi connectivity index (χ1n) is 3.94. The molecule has 0 fully saturated rings. The Bertz CT molecular complexity index is 221. The number of hydrogen-bond acceptors (Lipinski definition) is 1. The maximum atomic E-state index is 10.00. The van der Waals surface area contributed by atoms with Gasteiger partial charge in [-0.15, -0.1) is 0 Å². The molecule has 1 unspecified atom stereocenters. The SMILES string of the molecule is C[SiH2][Si](C)(O)c1ccccc1. The second kappa shape index (κ2) is 3.34. The molecule has 1 aromatic carbocycles. The molecule has 1 atom stereocenters. The summed E-state index contributed by atoms with van der Waals surface area (Å²) in [6.07, 6.45) is 0. The summed E-state index contributed by atoms with van der Waals surface area (Å²) in [5.74, 6) is 0. The third kappa shape index (κ3) is 2.02. The average Bonchev–Trinajstić information content (AvgIpc) is 2.06. The van der Waals surface area contributed by atoms with Gasteiger partial charge in [0.15, 0.2) is 7.83 Å². The van der Waals surface area contributed by atoms with Crippen LogP contribution in [0.3, 0.4) is 0 Å². The minimum Gasteiger partial charge on any atom is -0.431 e. The third-order valence-corrected chi connectivity index (χ3v) is 10.4. The van der Waals surface area contributed by atoms with Gasteiger partial charge >= 0.3 is 0 Å². The molecule has 0 saturated carbocycles. The standard InChI is InChI=1S/C8H14OSi2/c1-10-11(2,9)8-6-4-3-5-7-8/h3-7,9H,10H2,1-2H3. The van der Waals surface area contributed by atoms with Crippen LogP contribution in [-0.4, -0.2) is 21.7 Å². The molecule has 1 rings (SSSR count). The van der Waals surface area contributed by atoms with E-state index in [9.17, 15) is 4.80 Å². The molecule has 0 aliphatic carbocycles. The van der Waals surface area contributed by atoms with Gasteiger partial charge in [0, 0.05) is 9.04 Å². The molecule has 1 nitrogen and oxygen atoms in total. The smallest absolute Gasteiger partial charge is 0.195 e. The van der Waals surface area contributed by atoms with Crippen molar-refractivity contribution in [3.63, 3.8) is 0 Å². The fourth-order valence-corrected chi connectivity index (χ4v) is 4.25. The van der Waals surface area contributed by atoms with E-state index < -0.39 is 7.83 Å². The van der Waals surface area contributed by atoms with Crippen LogP contribution in [0.25, 0.3) is 0 Å². The van der Waals surface area contributed by atoms with Crippen molar-refractivity contribution >= 4 is 22.1 Å². The van der Waals surface area contributed by atoms with Crippen LogP contribution in [0.15, 0.2) is 30.3 Å². The van der Waals surface area contributed by atoms with E-state index in [4.69, 9.17) is 0 Å². The van der Waals surface area contributed by atoms with E-state index in [2.05, 4.69) is 6.55 Å². The van der Waals surface area contributed by atoms with Crippen LogP contribution >= 0.6 is 0 Å². The Morgan fingerprint density at radius 2 is 1.82 bits per heavy atom. The predicted molar refractivity (Wildman–Crippen MR) is 54.3 cm³/mol. The zero-order valence-electron chi connectivity index (χ0n) is 7.04. The van der Waals surface area contributed by atoms with Crippen molar-refractivity contribution in [1.82, 2.24) is 0 Å². The summed E-state index contributed by atoms with van der Waals surface area (Å²) in [6.45, 7) is 4.22. The van der Waals surface area contributed by atoms with Crippen molar-refractivity contribution in [3.05, 3.63) is 30.3 Å². The van der Waals surface area contributed by atoms with Crippen LogP contribution in [0.1, 0.15) is 0 Å². The van der Waals surface area contributed by atoms with E-state index in [0.29, 0.717) is 0 Å². The van der Waals surface area contributed by atoms with E-state index in [-0.39, 0.29) is 9.04 Å². The lowest BCUT2D eigenvalue weighted by Crippen LogP contribution is -2.50. The maximum absolute atomic E-state index is 10.00. The fraction of sp³-hybridized carbons (Fsp3) is 0.250. The Hall–Kier alpha value is -0.386. The van der Waals surface area contributed by atoms with Crippen molar-refractivity contribution < 1.29 is 4.80 Å². The van der Waals surface area contributed by atoms with Gasteiger partial charge in [-0.3, -0.25) is 0 Å². The van der Waals surface area contributed by atoms with Gasteiger partial charge in [0.2, 0.25) is 0 Å². The average molecular weight is 182 g/mol. The highest BCUT2D eigenvalue weighted by molar-refractivity contribution is 7.26. The maximum Gasteiger partial charge on any atom is 0.195 e. The molecule has 60 valence electrons. The molecule has 0 aromatic heterocycles. The van der Waals surface area contributed by atoms with E-state index in [0.717, 1.165) is 0 Å². The summed E-state index contributed by atoms with van der Waals surface area (Å²) in [7, 11) is -2.18. The van der Waals surface area contributed by atoms with Crippen molar-refractivity contribution in [2.45, 2.75) is 13.1 Å². The summed E-state index contributed by atoms with van der Waals surface area (Å²) in [5.41, 5.74) is 0. The van der Waals surface area contributed by atoms with Crippen LogP contribution in [-0.2, 0) is 0 Å². The van der Waals surface area contributed by atoms with Gasteiger partial charge < -0.3 is 4.80 Å². The molecule has 0 aliphatic heterocycles. The summed E-state index contributed by atoms with van der Waals surface area (Å²) in [4.78, 5) is 10.00. The first kappa shape index (κ1) is 8.71. The van der Waals surface area contributed by atoms with Gasteiger partial charge in [0.25, 0.3) is 0 Å². The monoisotopic (exact) mass is 182 g/mol. The van der Waals surface area contributed by atoms with Crippen molar-refractivity contribution in [3.8, 4) is 0 Å². The van der Waals surface area contributed by atoms with Crippen LogP contribution in [0.2, 0.25) is 13.1 Å². The number of rotatable bonds is 2. The normalized spacial score (nSPS) is 17.0. The van der Waals surface area contributed by atoms with E-state index in [1.54, 1.807) is 0 Å². The topological polar surface area (TPSA) is 20.2 Å². The molecular weight excluding hydrogens is 168 g/mol. The second-order valence-corrected chi connectivity index (χ2v) is 13.1. The number of benzene rings is 1. The van der Waals surface area contributed by atoms with E-state index >= 15 is 0 Å². The molecular formula is C8H14OSi2.